The van der Waals surface area contributed by atoms with Gasteiger partial charge in [0.25, 0.3) is 10.0 Å². The molecule has 0 bridgehead atoms. The average molecular weight is 484 g/mol. The van der Waals surface area contributed by atoms with Crippen molar-refractivity contribution < 1.29 is 17.9 Å². The number of rotatable bonds is 9. The van der Waals surface area contributed by atoms with E-state index in [1.54, 1.807) is 26.4 Å². The van der Waals surface area contributed by atoms with Gasteiger partial charge in [-0.2, -0.15) is 0 Å². The Morgan fingerprint density at radius 2 is 1.36 bits per heavy atom. The summed E-state index contributed by atoms with van der Waals surface area (Å²) in [6.45, 7) is 5.80. The van der Waals surface area contributed by atoms with Crippen molar-refractivity contribution in [2.75, 3.05) is 18.9 Å². The highest BCUT2D eigenvalue weighted by atomic mass is 32.2. The molecule has 33 heavy (non-hydrogen) atoms. The van der Waals surface area contributed by atoms with Crippen LogP contribution in [0, 0.1) is 20.8 Å². The highest BCUT2D eigenvalue weighted by Gasteiger charge is 2.17. The number of benzene rings is 3. The summed E-state index contributed by atoms with van der Waals surface area (Å²) in [6.07, 6.45) is 1.19. The molecule has 0 aliphatic heterocycles. The molecule has 0 aromatic heterocycles. The second-order valence-electron chi connectivity index (χ2n) is 8.10. The predicted molar refractivity (Wildman–Crippen MR) is 137 cm³/mol. The number of hydrogen-bond donors (Lipinski definition) is 1. The second-order valence-corrected chi connectivity index (χ2v) is 10.4. The van der Waals surface area contributed by atoms with Crippen LogP contribution in [0.15, 0.2) is 59.5 Å². The SMILES string of the molecule is COc1ccc(CC(=S)Cc2ccc(S(=O)(=O)Nc3c(C)cc(C)cc3C)cc2)cc1OC. The molecule has 0 atom stereocenters. The molecule has 0 amide bonds. The summed E-state index contributed by atoms with van der Waals surface area (Å²) < 4.78 is 39.2. The van der Waals surface area contributed by atoms with E-state index in [1.165, 1.54) is 0 Å². The molecule has 3 aromatic rings. The molecule has 5 nitrogen and oxygen atoms in total. The molecule has 7 heteroatoms. The zero-order valence-electron chi connectivity index (χ0n) is 19.6. The Kier molecular flexibility index (Phi) is 7.76. The Balaban J connectivity index is 1.69. The number of hydrogen-bond acceptors (Lipinski definition) is 5. The molecule has 3 rings (SSSR count). The van der Waals surface area contributed by atoms with E-state index in [1.807, 2.05) is 63.2 Å². The van der Waals surface area contributed by atoms with Crippen LogP contribution in [0.2, 0.25) is 0 Å². The summed E-state index contributed by atoms with van der Waals surface area (Å²) >= 11 is 5.59. The first-order chi connectivity index (χ1) is 15.6. The van der Waals surface area contributed by atoms with Crippen LogP contribution in [0.4, 0.5) is 5.69 Å². The van der Waals surface area contributed by atoms with Crippen molar-refractivity contribution >= 4 is 32.8 Å². The third kappa shape index (κ3) is 6.12. The smallest absolute Gasteiger partial charge is 0.261 e. The van der Waals surface area contributed by atoms with E-state index in [0.29, 0.717) is 30.0 Å². The standard InChI is InChI=1S/C26H29NO4S2/c1-17-12-18(2)26(19(3)13-17)27-33(28,29)23-9-6-20(7-10-23)14-22(32)15-21-8-11-24(30-4)25(16-21)31-5/h6-13,16,27H,14-15H2,1-5H3. The summed E-state index contributed by atoms with van der Waals surface area (Å²) in [6, 6.07) is 16.5. The van der Waals surface area contributed by atoms with Crippen molar-refractivity contribution in [3.63, 3.8) is 0 Å². The molecule has 1 N–H and O–H groups in total. The second kappa shape index (κ2) is 10.4. The van der Waals surface area contributed by atoms with Crippen LogP contribution in [-0.2, 0) is 22.9 Å². The summed E-state index contributed by atoms with van der Waals surface area (Å²) in [4.78, 5) is 1.07. The van der Waals surface area contributed by atoms with Crippen LogP contribution in [0.3, 0.4) is 0 Å². The van der Waals surface area contributed by atoms with E-state index in [0.717, 1.165) is 32.7 Å². The lowest BCUT2D eigenvalue weighted by Gasteiger charge is -2.14. The zero-order valence-corrected chi connectivity index (χ0v) is 21.2. The number of nitrogens with one attached hydrogen (secondary N) is 1. The van der Waals surface area contributed by atoms with Crippen molar-refractivity contribution in [2.45, 2.75) is 38.5 Å². The number of sulfonamides is 1. The lowest BCUT2D eigenvalue weighted by Crippen LogP contribution is -2.15. The van der Waals surface area contributed by atoms with Gasteiger partial charge in [-0.3, -0.25) is 4.72 Å². The fourth-order valence-electron chi connectivity index (χ4n) is 3.83. The topological polar surface area (TPSA) is 64.6 Å². The predicted octanol–water partition coefficient (Wildman–Crippen LogP) is 5.58. The summed E-state index contributed by atoms with van der Waals surface area (Å²) in [5.41, 5.74) is 5.51. The van der Waals surface area contributed by atoms with E-state index in [9.17, 15) is 8.42 Å². The molecular weight excluding hydrogens is 454 g/mol. The van der Waals surface area contributed by atoms with E-state index in [2.05, 4.69) is 4.72 Å². The van der Waals surface area contributed by atoms with Crippen molar-refractivity contribution in [2.24, 2.45) is 0 Å². The molecule has 0 spiro atoms. The maximum atomic E-state index is 12.9. The summed E-state index contributed by atoms with van der Waals surface area (Å²) in [5, 5.41) is 0. The van der Waals surface area contributed by atoms with Gasteiger partial charge in [-0.15, -0.1) is 0 Å². The highest BCUT2D eigenvalue weighted by Crippen LogP contribution is 2.28. The first-order valence-electron chi connectivity index (χ1n) is 10.5. The number of ether oxygens (including phenoxy) is 2. The van der Waals surface area contributed by atoms with E-state index < -0.39 is 10.0 Å². The van der Waals surface area contributed by atoms with Gasteiger partial charge in [0.05, 0.1) is 24.8 Å². The van der Waals surface area contributed by atoms with Crippen LogP contribution in [-0.4, -0.2) is 27.5 Å². The Hall–Kier alpha value is -2.90. The quantitative estimate of drug-likeness (QED) is 0.402. The molecule has 0 heterocycles. The van der Waals surface area contributed by atoms with Crippen LogP contribution in [0.1, 0.15) is 27.8 Å². The maximum absolute atomic E-state index is 12.9. The molecule has 174 valence electrons. The largest absolute Gasteiger partial charge is 0.493 e. The third-order valence-electron chi connectivity index (χ3n) is 5.40. The van der Waals surface area contributed by atoms with Crippen LogP contribution in [0.5, 0.6) is 11.5 Å². The molecule has 0 unspecified atom stereocenters. The van der Waals surface area contributed by atoms with Gasteiger partial charge in [-0.1, -0.05) is 48.1 Å². The van der Waals surface area contributed by atoms with Crippen LogP contribution >= 0.6 is 12.2 Å². The van der Waals surface area contributed by atoms with Crippen LogP contribution < -0.4 is 14.2 Å². The lowest BCUT2D eigenvalue weighted by atomic mass is 10.0. The molecule has 0 aliphatic carbocycles. The highest BCUT2D eigenvalue weighted by molar-refractivity contribution is 7.92. The third-order valence-corrected chi connectivity index (χ3v) is 7.05. The minimum absolute atomic E-state index is 0.219. The molecule has 0 fully saturated rings. The fourth-order valence-corrected chi connectivity index (χ4v) is 5.37. The van der Waals surface area contributed by atoms with Crippen LogP contribution in [0.25, 0.3) is 0 Å². The minimum atomic E-state index is -3.69. The Bertz CT molecular complexity index is 1240. The molecule has 3 aromatic carbocycles. The Labute approximate surface area is 201 Å². The minimum Gasteiger partial charge on any atom is -0.493 e. The first-order valence-corrected chi connectivity index (χ1v) is 12.4. The monoisotopic (exact) mass is 483 g/mol. The zero-order chi connectivity index (χ0) is 24.2. The van der Waals surface area contributed by atoms with Gasteiger partial charge >= 0.3 is 0 Å². The Morgan fingerprint density at radius 1 is 0.818 bits per heavy atom. The first kappa shape index (κ1) is 24.7. The fraction of sp³-hybridized carbons (Fsp3) is 0.269. The summed E-state index contributed by atoms with van der Waals surface area (Å²) in [5.74, 6) is 1.34. The van der Waals surface area contributed by atoms with E-state index in [-0.39, 0.29) is 4.90 Å². The van der Waals surface area contributed by atoms with Gasteiger partial charge in [0.2, 0.25) is 0 Å². The number of aryl methyl sites for hydroxylation is 3. The van der Waals surface area contributed by atoms with E-state index in [4.69, 9.17) is 21.7 Å². The molecule has 0 saturated carbocycles. The van der Waals surface area contributed by atoms with Crippen molar-refractivity contribution in [1.29, 1.82) is 0 Å². The summed E-state index contributed by atoms with van der Waals surface area (Å²) in [7, 11) is -0.483. The molecule has 0 saturated heterocycles. The van der Waals surface area contributed by atoms with Crippen molar-refractivity contribution in [3.8, 4) is 11.5 Å². The molecular formula is C26H29NO4S2. The average Bonchev–Trinajstić information content (AvgIpc) is 2.76. The van der Waals surface area contributed by atoms with Gasteiger partial charge < -0.3 is 9.47 Å². The van der Waals surface area contributed by atoms with Gasteiger partial charge in [-0.05, 0) is 67.3 Å². The van der Waals surface area contributed by atoms with Gasteiger partial charge in [0.1, 0.15) is 0 Å². The molecule has 0 radical (unpaired) electrons. The number of anilines is 1. The Morgan fingerprint density at radius 3 is 1.94 bits per heavy atom. The van der Waals surface area contributed by atoms with Gasteiger partial charge in [-0.25, -0.2) is 8.42 Å². The lowest BCUT2D eigenvalue weighted by molar-refractivity contribution is 0.354. The van der Waals surface area contributed by atoms with Gasteiger partial charge in [0.15, 0.2) is 11.5 Å². The van der Waals surface area contributed by atoms with Crippen molar-refractivity contribution in [3.05, 3.63) is 82.4 Å². The number of methoxy groups -OCH3 is 2. The number of thiocarbonyl (C=S) groups is 1. The maximum Gasteiger partial charge on any atom is 0.261 e. The van der Waals surface area contributed by atoms with Crippen molar-refractivity contribution in [1.82, 2.24) is 0 Å². The normalized spacial score (nSPS) is 11.2. The van der Waals surface area contributed by atoms with Gasteiger partial charge in [0, 0.05) is 17.7 Å². The molecule has 0 aliphatic rings. The van der Waals surface area contributed by atoms with E-state index >= 15 is 0 Å².